The Labute approximate surface area is 108 Å². The van der Waals surface area contributed by atoms with Crippen LogP contribution in [0.15, 0.2) is 18.2 Å². The maximum atomic E-state index is 5.81. The van der Waals surface area contributed by atoms with Crippen LogP contribution >= 0.6 is 23.1 Å². The van der Waals surface area contributed by atoms with Crippen LogP contribution in [0, 0.1) is 0 Å². The van der Waals surface area contributed by atoms with E-state index < -0.39 is 0 Å². The fourth-order valence-electron chi connectivity index (χ4n) is 1.48. The van der Waals surface area contributed by atoms with Crippen molar-refractivity contribution < 1.29 is 4.74 Å². The van der Waals surface area contributed by atoms with Gasteiger partial charge in [0.2, 0.25) is 0 Å². The van der Waals surface area contributed by atoms with Gasteiger partial charge < -0.3 is 10.5 Å². The topological polar surface area (TPSA) is 61.0 Å². The van der Waals surface area contributed by atoms with Crippen LogP contribution in [0.5, 0.6) is 10.9 Å². The number of hydrogen-bond acceptors (Lipinski definition) is 5. The molecule has 0 saturated heterocycles. The average Bonchev–Trinajstić information content (AvgIpc) is 3.04. The van der Waals surface area contributed by atoms with E-state index in [1.165, 1.54) is 24.4 Å². The highest BCUT2D eigenvalue weighted by molar-refractivity contribution is 7.07. The number of rotatable bonds is 3. The molecule has 2 N–H and O–H groups in total. The molecule has 0 radical (unpaired) electrons. The first-order valence-electron chi connectivity index (χ1n) is 5.29. The number of anilines is 1. The number of halogens is 1. The van der Waals surface area contributed by atoms with Gasteiger partial charge in [0.1, 0.15) is 5.82 Å². The molecular weight excluding hydrogens is 258 g/mol. The van der Waals surface area contributed by atoms with Crippen molar-refractivity contribution >= 4 is 28.8 Å². The Balaban J connectivity index is 1.80. The monoisotopic (exact) mass is 267 g/mol. The van der Waals surface area contributed by atoms with Crippen molar-refractivity contribution in [2.24, 2.45) is 0 Å². The van der Waals surface area contributed by atoms with Crippen molar-refractivity contribution in [3.05, 3.63) is 29.0 Å². The molecule has 1 aliphatic carbocycles. The summed E-state index contributed by atoms with van der Waals surface area (Å²) in [4.78, 5) is 4.33. The van der Waals surface area contributed by atoms with Gasteiger partial charge in [0.05, 0.1) is 5.69 Å². The summed E-state index contributed by atoms with van der Waals surface area (Å²) in [6, 6.07) is 5.12. The van der Waals surface area contributed by atoms with Gasteiger partial charge in [0, 0.05) is 22.5 Å². The number of nitrogen functional groups attached to an aromatic ring is 1. The zero-order valence-corrected chi connectivity index (χ0v) is 10.5. The Morgan fingerprint density at radius 3 is 2.94 bits per heavy atom. The molecule has 1 aromatic carbocycles. The molecule has 1 heterocycles. The summed E-state index contributed by atoms with van der Waals surface area (Å²) in [6.45, 7) is 0. The molecule has 4 nitrogen and oxygen atoms in total. The lowest BCUT2D eigenvalue weighted by Crippen LogP contribution is -1.91. The van der Waals surface area contributed by atoms with E-state index in [0.717, 1.165) is 5.82 Å². The second-order valence-electron chi connectivity index (χ2n) is 3.98. The van der Waals surface area contributed by atoms with Crippen LogP contribution in [0.4, 0.5) is 5.69 Å². The van der Waals surface area contributed by atoms with Gasteiger partial charge >= 0.3 is 0 Å². The molecule has 1 aliphatic rings. The van der Waals surface area contributed by atoms with Crippen molar-refractivity contribution in [2.45, 2.75) is 18.8 Å². The molecule has 88 valence electrons. The third-order valence-electron chi connectivity index (χ3n) is 2.53. The smallest absolute Gasteiger partial charge is 0.298 e. The van der Waals surface area contributed by atoms with Crippen LogP contribution in [0.3, 0.4) is 0 Å². The third kappa shape index (κ3) is 2.35. The molecule has 6 heteroatoms. The molecule has 0 atom stereocenters. The molecule has 0 bridgehead atoms. The summed E-state index contributed by atoms with van der Waals surface area (Å²) >= 11 is 7.07. The largest absolute Gasteiger partial charge is 0.428 e. The van der Waals surface area contributed by atoms with Crippen LogP contribution < -0.4 is 10.5 Å². The van der Waals surface area contributed by atoms with E-state index in [-0.39, 0.29) is 0 Å². The highest BCUT2D eigenvalue weighted by Crippen LogP contribution is 2.40. The lowest BCUT2D eigenvalue weighted by molar-refractivity contribution is 0.479. The molecule has 0 aliphatic heterocycles. The highest BCUT2D eigenvalue weighted by Gasteiger charge is 2.28. The second-order valence-corrected chi connectivity index (χ2v) is 5.13. The van der Waals surface area contributed by atoms with Gasteiger partial charge in [-0.15, -0.1) is 0 Å². The molecule has 1 saturated carbocycles. The first-order valence-corrected chi connectivity index (χ1v) is 6.44. The summed E-state index contributed by atoms with van der Waals surface area (Å²) in [6.07, 6.45) is 2.36. The van der Waals surface area contributed by atoms with Gasteiger partial charge in [-0.25, -0.2) is 0 Å². The summed E-state index contributed by atoms with van der Waals surface area (Å²) in [7, 11) is 0. The molecule has 1 aromatic heterocycles. The zero-order valence-electron chi connectivity index (χ0n) is 8.89. The van der Waals surface area contributed by atoms with E-state index in [9.17, 15) is 0 Å². The predicted octanol–water partition coefficient (Wildman–Crippen LogP) is 3.44. The van der Waals surface area contributed by atoms with Gasteiger partial charge in [0.15, 0.2) is 5.75 Å². The van der Waals surface area contributed by atoms with Crippen molar-refractivity contribution in [1.82, 2.24) is 9.36 Å². The van der Waals surface area contributed by atoms with Gasteiger partial charge in [-0.2, -0.15) is 9.36 Å². The van der Waals surface area contributed by atoms with Crippen molar-refractivity contribution in [3.63, 3.8) is 0 Å². The lowest BCUT2D eigenvalue weighted by Gasteiger charge is -2.04. The predicted molar refractivity (Wildman–Crippen MR) is 67.8 cm³/mol. The SMILES string of the molecule is Nc1cc(Cl)ccc1Oc1nc(C2CC2)ns1. The molecule has 0 unspecified atom stereocenters. The molecule has 0 spiro atoms. The van der Waals surface area contributed by atoms with Crippen LogP contribution in [0.1, 0.15) is 24.6 Å². The summed E-state index contributed by atoms with van der Waals surface area (Å²) < 4.78 is 9.84. The number of ether oxygens (including phenoxy) is 1. The van der Waals surface area contributed by atoms with E-state index in [1.807, 2.05) is 0 Å². The fraction of sp³-hybridized carbons (Fsp3) is 0.273. The van der Waals surface area contributed by atoms with Crippen molar-refractivity contribution in [2.75, 3.05) is 5.73 Å². The Kier molecular flexibility index (Phi) is 2.64. The average molecular weight is 268 g/mol. The Hall–Kier alpha value is -1.33. The standard InChI is InChI=1S/C11H10ClN3OS/c12-7-3-4-9(8(13)5-7)16-11-14-10(15-17-11)6-1-2-6/h3-6H,1-2,13H2. The molecule has 0 amide bonds. The van der Waals surface area contributed by atoms with Gasteiger partial charge in [-0.05, 0) is 31.0 Å². The maximum absolute atomic E-state index is 5.81. The van der Waals surface area contributed by atoms with Crippen molar-refractivity contribution in [3.8, 4) is 10.9 Å². The minimum Gasteiger partial charge on any atom is -0.428 e. The summed E-state index contributed by atoms with van der Waals surface area (Å²) in [5.41, 5.74) is 6.30. The Bertz CT molecular complexity index is 553. The minimum absolute atomic E-state index is 0.501. The maximum Gasteiger partial charge on any atom is 0.298 e. The highest BCUT2D eigenvalue weighted by atomic mass is 35.5. The summed E-state index contributed by atoms with van der Waals surface area (Å²) in [5, 5.41) is 1.12. The number of hydrogen-bond donors (Lipinski definition) is 1. The molecule has 3 rings (SSSR count). The van der Waals surface area contributed by atoms with Gasteiger partial charge in [-0.3, -0.25) is 0 Å². The summed E-state index contributed by atoms with van der Waals surface area (Å²) in [5.74, 6) is 1.98. The first-order chi connectivity index (χ1) is 8.22. The first kappa shape index (κ1) is 10.8. The number of benzene rings is 1. The van der Waals surface area contributed by atoms with E-state index in [1.54, 1.807) is 18.2 Å². The third-order valence-corrected chi connectivity index (χ3v) is 3.38. The molecular formula is C11H10ClN3OS. The Morgan fingerprint density at radius 2 is 2.24 bits per heavy atom. The lowest BCUT2D eigenvalue weighted by atomic mass is 10.3. The van der Waals surface area contributed by atoms with Crippen LogP contribution in [-0.4, -0.2) is 9.36 Å². The quantitative estimate of drug-likeness (QED) is 0.866. The fourth-order valence-corrected chi connectivity index (χ4v) is 2.28. The normalized spacial score (nSPS) is 14.9. The second kappa shape index (κ2) is 4.16. The number of aromatic nitrogens is 2. The van der Waals surface area contributed by atoms with Gasteiger partial charge in [0.25, 0.3) is 5.19 Å². The van der Waals surface area contributed by atoms with Crippen LogP contribution in [0.25, 0.3) is 0 Å². The zero-order chi connectivity index (χ0) is 11.8. The van der Waals surface area contributed by atoms with Crippen LogP contribution in [0.2, 0.25) is 5.02 Å². The molecule has 2 aromatic rings. The number of nitrogens with zero attached hydrogens (tertiary/aromatic N) is 2. The van der Waals surface area contributed by atoms with Gasteiger partial charge in [-0.1, -0.05) is 11.6 Å². The van der Waals surface area contributed by atoms with E-state index in [2.05, 4.69) is 9.36 Å². The van der Waals surface area contributed by atoms with E-state index in [4.69, 9.17) is 22.1 Å². The van der Waals surface area contributed by atoms with Crippen LogP contribution in [-0.2, 0) is 0 Å². The number of nitrogens with two attached hydrogens (primary N) is 1. The molecule has 1 fully saturated rings. The van der Waals surface area contributed by atoms with Crippen molar-refractivity contribution in [1.29, 1.82) is 0 Å². The van der Waals surface area contributed by atoms with E-state index >= 15 is 0 Å². The minimum atomic E-state index is 0.501. The molecule has 17 heavy (non-hydrogen) atoms. The van der Waals surface area contributed by atoms with E-state index in [0.29, 0.717) is 27.6 Å². The Morgan fingerprint density at radius 1 is 1.41 bits per heavy atom.